The van der Waals surface area contributed by atoms with Crippen molar-refractivity contribution in [2.75, 3.05) is 23.3 Å². The molecule has 1 aliphatic heterocycles. The second-order valence-electron chi connectivity index (χ2n) is 7.41. The third kappa shape index (κ3) is 4.03. The highest BCUT2D eigenvalue weighted by molar-refractivity contribution is 6.30. The molecule has 0 radical (unpaired) electrons. The number of rotatable bonds is 3. The number of nitriles is 1. The summed E-state index contributed by atoms with van der Waals surface area (Å²) in [7, 11) is 0. The molecule has 4 rings (SSSR count). The Kier molecular flexibility index (Phi) is 5.37. The molecule has 1 aromatic heterocycles. The molecular formula is C23H21ClN4O. The molecule has 1 saturated heterocycles. The van der Waals surface area contributed by atoms with E-state index in [0.29, 0.717) is 10.6 Å². The monoisotopic (exact) mass is 404 g/mol. The largest absolute Gasteiger partial charge is 0.370 e. The molecule has 2 aromatic carbocycles. The van der Waals surface area contributed by atoms with Crippen molar-refractivity contribution in [3.63, 3.8) is 0 Å². The average molecular weight is 405 g/mol. The van der Waals surface area contributed by atoms with Gasteiger partial charge in [0.2, 0.25) is 5.91 Å². The number of amides is 1. The van der Waals surface area contributed by atoms with E-state index in [1.54, 1.807) is 30.5 Å². The van der Waals surface area contributed by atoms with Crippen molar-refractivity contribution >= 4 is 39.8 Å². The van der Waals surface area contributed by atoms with E-state index < -0.39 is 0 Å². The van der Waals surface area contributed by atoms with Gasteiger partial charge in [0.25, 0.3) is 0 Å². The highest BCUT2D eigenvalue weighted by atomic mass is 35.5. The van der Waals surface area contributed by atoms with E-state index in [1.165, 1.54) is 0 Å². The van der Waals surface area contributed by atoms with Crippen LogP contribution in [0.2, 0.25) is 5.02 Å². The van der Waals surface area contributed by atoms with Crippen LogP contribution in [0.25, 0.3) is 10.9 Å². The first-order valence-electron chi connectivity index (χ1n) is 9.66. The molecule has 0 bridgehead atoms. The predicted octanol–water partition coefficient (Wildman–Crippen LogP) is 4.92. The number of nitrogens with zero attached hydrogens (tertiary/aromatic N) is 3. The summed E-state index contributed by atoms with van der Waals surface area (Å²) in [6.07, 6.45) is 3.12. The minimum absolute atomic E-state index is 0.0305. The summed E-state index contributed by atoms with van der Waals surface area (Å²) in [4.78, 5) is 19.3. The number of carbonyl (C=O) groups is 1. The van der Waals surface area contributed by atoms with E-state index in [0.717, 1.165) is 53.8 Å². The zero-order valence-corrected chi connectivity index (χ0v) is 16.9. The van der Waals surface area contributed by atoms with E-state index in [2.05, 4.69) is 27.3 Å². The standard InChI is InChI=1S/C23H21ClN4O/c1-15-2-7-21-20(12-15)22(17(13-25)14-26-21)28-10-8-16(9-11-28)23(29)27-19-5-3-18(24)4-6-19/h2-7,12,14,16H,8-11H2,1H3,(H,27,29). The summed E-state index contributed by atoms with van der Waals surface area (Å²) in [6, 6.07) is 15.5. The van der Waals surface area contributed by atoms with Crippen LogP contribution >= 0.6 is 11.6 Å². The minimum Gasteiger partial charge on any atom is -0.370 e. The Balaban J connectivity index is 1.51. The van der Waals surface area contributed by atoms with Crippen molar-refractivity contribution in [3.05, 3.63) is 64.8 Å². The molecule has 0 atom stereocenters. The third-order valence-electron chi connectivity index (χ3n) is 5.41. The third-order valence-corrected chi connectivity index (χ3v) is 5.66. The van der Waals surface area contributed by atoms with Gasteiger partial charge in [0.15, 0.2) is 0 Å². The quantitative estimate of drug-likeness (QED) is 0.672. The lowest BCUT2D eigenvalue weighted by Gasteiger charge is -2.34. The summed E-state index contributed by atoms with van der Waals surface area (Å²) in [5.41, 5.74) is 4.27. The number of anilines is 2. The molecule has 2 heterocycles. The average Bonchev–Trinajstić information content (AvgIpc) is 2.74. The molecule has 1 N–H and O–H groups in total. The van der Waals surface area contributed by atoms with Crippen molar-refractivity contribution in [2.24, 2.45) is 5.92 Å². The molecule has 1 fully saturated rings. The molecule has 0 saturated carbocycles. The number of nitrogens with one attached hydrogen (secondary N) is 1. The van der Waals surface area contributed by atoms with Crippen molar-refractivity contribution in [1.29, 1.82) is 5.26 Å². The summed E-state index contributed by atoms with van der Waals surface area (Å²) in [5, 5.41) is 14.2. The van der Waals surface area contributed by atoms with Crippen LogP contribution in [-0.2, 0) is 4.79 Å². The van der Waals surface area contributed by atoms with Gasteiger partial charge in [0.1, 0.15) is 6.07 Å². The first-order valence-corrected chi connectivity index (χ1v) is 10.0. The smallest absolute Gasteiger partial charge is 0.227 e. The molecule has 1 aliphatic rings. The molecule has 146 valence electrons. The molecule has 3 aromatic rings. The molecule has 0 spiro atoms. The van der Waals surface area contributed by atoms with Gasteiger partial charge >= 0.3 is 0 Å². The maximum atomic E-state index is 12.7. The SMILES string of the molecule is Cc1ccc2ncc(C#N)c(N3CCC(C(=O)Nc4ccc(Cl)cc4)CC3)c2c1. The first-order chi connectivity index (χ1) is 14.0. The van der Waals surface area contributed by atoms with E-state index in [9.17, 15) is 10.1 Å². The Labute approximate surface area is 174 Å². The number of hydrogen-bond acceptors (Lipinski definition) is 4. The minimum atomic E-state index is -0.0534. The van der Waals surface area contributed by atoms with Crippen LogP contribution in [0.1, 0.15) is 24.0 Å². The van der Waals surface area contributed by atoms with Crippen LogP contribution in [0.15, 0.2) is 48.7 Å². The number of halogens is 1. The normalized spacial score (nSPS) is 14.6. The Morgan fingerprint density at radius 2 is 1.93 bits per heavy atom. The number of pyridine rings is 1. The number of aromatic nitrogens is 1. The molecule has 0 aliphatic carbocycles. The van der Waals surface area contributed by atoms with Crippen LogP contribution in [0.5, 0.6) is 0 Å². The maximum Gasteiger partial charge on any atom is 0.227 e. The van der Waals surface area contributed by atoms with E-state index in [4.69, 9.17) is 11.6 Å². The summed E-state index contributed by atoms with van der Waals surface area (Å²) >= 11 is 5.90. The molecule has 29 heavy (non-hydrogen) atoms. The number of fused-ring (bicyclic) bond motifs is 1. The molecule has 0 unspecified atom stereocenters. The Morgan fingerprint density at radius 1 is 1.21 bits per heavy atom. The van der Waals surface area contributed by atoms with Crippen molar-refractivity contribution < 1.29 is 4.79 Å². The van der Waals surface area contributed by atoms with Gasteiger partial charge in [-0.25, -0.2) is 0 Å². The van der Waals surface area contributed by atoms with Crippen LogP contribution < -0.4 is 10.2 Å². The van der Waals surface area contributed by atoms with Gasteiger partial charge in [-0.05, 0) is 56.2 Å². The van der Waals surface area contributed by atoms with Gasteiger partial charge in [0.05, 0.1) is 16.8 Å². The first kappa shape index (κ1) is 19.2. The fourth-order valence-corrected chi connectivity index (χ4v) is 3.98. The number of carbonyl (C=O) groups excluding carboxylic acids is 1. The van der Waals surface area contributed by atoms with Crippen molar-refractivity contribution in [2.45, 2.75) is 19.8 Å². The Hall–Kier alpha value is -3.10. The lowest BCUT2D eigenvalue weighted by atomic mass is 9.94. The number of aryl methyl sites for hydroxylation is 1. The van der Waals surface area contributed by atoms with Gasteiger partial charge in [-0.1, -0.05) is 23.2 Å². The molecule has 1 amide bonds. The van der Waals surface area contributed by atoms with Crippen molar-refractivity contribution in [1.82, 2.24) is 4.98 Å². The van der Waals surface area contributed by atoms with Gasteiger partial charge in [-0.15, -0.1) is 0 Å². The van der Waals surface area contributed by atoms with E-state index in [1.807, 2.05) is 19.1 Å². The zero-order chi connectivity index (χ0) is 20.4. The summed E-state index contributed by atoms with van der Waals surface area (Å²) < 4.78 is 0. The topological polar surface area (TPSA) is 69.0 Å². The van der Waals surface area contributed by atoms with Gasteiger partial charge in [-0.3, -0.25) is 9.78 Å². The van der Waals surface area contributed by atoms with Crippen LogP contribution in [0.3, 0.4) is 0 Å². The number of hydrogen-bond donors (Lipinski definition) is 1. The fourth-order valence-electron chi connectivity index (χ4n) is 3.86. The highest BCUT2D eigenvalue weighted by Gasteiger charge is 2.27. The van der Waals surface area contributed by atoms with E-state index in [-0.39, 0.29) is 11.8 Å². The van der Waals surface area contributed by atoms with Crippen LogP contribution in [0.4, 0.5) is 11.4 Å². The molecular weight excluding hydrogens is 384 g/mol. The van der Waals surface area contributed by atoms with Gasteiger partial charge in [-0.2, -0.15) is 5.26 Å². The number of benzene rings is 2. The maximum absolute atomic E-state index is 12.7. The zero-order valence-electron chi connectivity index (χ0n) is 16.2. The van der Waals surface area contributed by atoms with Crippen LogP contribution in [0, 0.1) is 24.2 Å². The fraction of sp³-hybridized carbons (Fsp3) is 0.261. The van der Waals surface area contributed by atoms with Crippen molar-refractivity contribution in [3.8, 4) is 6.07 Å². The van der Waals surface area contributed by atoms with Gasteiger partial charge in [0, 0.05) is 41.3 Å². The molecule has 5 nitrogen and oxygen atoms in total. The second kappa shape index (κ2) is 8.10. The lowest BCUT2D eigenvalue weighted by Crippen LogP contribution is -2.38. The van der Waals surface area contributed by atoms with Crippen LogP contribution in [-0.4, -0.2) is 24.0 Å². The Morgan fingerprint density at radius 3 is 2.62 bits per heavy atom. The summed E-state index contributed by atoms with van der Waals surface area (Å²) in [5.74, 6) is -0.0230. The van der Waals surface area contributed by atoms with E-state index >= 15 is 0 Å². The summed E-state index contributed by atoms with van der Waals surface area (Å²) in [6.45, 7) is 3.48. The lowest BCUT2D eigenvalue weighted by molar-refractivity contribution is -0.120. The van der Waals surface area contributed by atoms with Gasteiger partial charge < -0.3 is 10.2 Å². The predicted molar refractivity (Wildman–Crippen MR) is 116 cm³/mol. The molecule has 6 heteroatoms. The number of piperidine rings is 1. The highest BCUT2D eigenvalue weighted by Crippen LogP contribution is 2.33. The Bertz CT molecular complexity index is 1100. The second-order valence-corrected chi connectivity index (χ2v) is 7.85.